The number of aromatic hydroxyl groups is 1. The summed E-state index contributed by atoms with van der Waals surface area (Å²) in [4.78, 5) is 51.1. The Balaban J connectivity index is 1.72. The van der Waals surface area contributed by atoms with Gasteiger partial charge in [0.1, 0.15) is 23.0 Å². The molecule has 1 aliphatic heterocycles. The minimum atomic E-state index is -1.35. The van der Waals surface area contributed by atoms with Gasteiger partial charge in [0.15, 0.2) is 0 Å². The topological polar surface area (TPSA) is 145 Å². The van der Waals surface area contributed by atoms with Gasteiger partial charge in [-0.1, -0.05) is 30.3 Å². The largest absolute Gasteiger partial charge is 0.507 e. The zero-order valence-corrected chi connectivity index (χ0v) is 19.8. The molecule has 1 fully saturated rings. The molecule has 2 aromatic rings. The number of carbonyl (C=O) groups excluding carboxylic acids is 3. The number of amides is 3. The first-order valence-corrected chi connectivity index (χ1v) is 11.2. The average molecular weight is 484 g/mol. The van der Waals surface area contributed by atoms with E-state index >= 15 is 0 Å². The molecule has 186 valence electrons. The lowest BCUT2D eigenvalue weighted by atomic mass is 10.0. The monoisotopic (exact) mass is 483 g/mol. The van der Waals surface area contributed by atoms with Crippen molar-refractivity contribution in [3.05, 3.63) is 59.7 Å². The molecule has 0 spiro atoms. The maximum Gasteiger partial charge on any atom is 0.339 e. The van der Waals surface area contributed by atoms with Crippen LogP contribution in [0.2, 0.25) is 0 Å². The molecule has 0 bridgehead atoms. The van der Waals surface area contributed by atoms with Crippen molar-refractivity contribution in [2.45, 2.75) is 51.3 Å². The van der Waals surface area contributed by atoms with Gasteiger partial charge in [-0.2, -0.15) is 0 Å². The number of ether oxygens (including phenoxy) is 1. The van der Waals surface area contributed by atoms with Gasteiger partial charge in [-0.3, -0.25) is 4.79 Å². The van der Waals surface area contributed by atoms with Crippen LogP contribution in [-0.2, 0) is 14.3 Å². The number of anilines is 1. The number of benzene rings is 2. The Morgan fingerprint density at radius 3 is 2.37 bits per heavy atom. The van der Waals surface area contributed by atoms with Gasteiger partial charge in [0.05, 0.1) is 12.6 Å². The van der Waals surface area contributed by atoms with Crippen LogP contribution in [0.5, 0.6) is 5.75 Å². The van der Waals surface area contributed by atoms with Crippen molar-refractivity contribution < 1.29 is 34.1 Å². The Kier molecular flexibility index (Phi) is 7.63. The summed E-state index contributed by atoms with van der Waals surface area (Å²) in [6, 6.07) is 11.0. The highest BCUT2D eigenvalue weighted by molar-refractivity contribution is 5.96. The Bertz CT molecular complexity index is 1110. The van der Waals surface area contributed by atoms with Crippen LogP contribution in [0.4, 0.5) is 10.5 Å². The van der Waals surface area contributed by atoms with Gasteiger partial charge >= 0.3 is 18.0 Å². The molecule has 3 rings (SSSR count). The number of urea groups is 1. The average Bonchev–Trinajstić information content (AvgIpc) is 3.23. The van der Waals surface area contributed by atoms with Gasteiger partial charge in [0.2, 0.25) is 5.91 Å². The minimum Gasteiger partial charge on any atom is -0.507 e. The molecule has 2 atom stereocenters. The van der Waals surface area contributed by atoms with Crippen molar-refractivity contribution in [3.63, 3.8) is 0 Å². The Morgan fingerprint density at radius 2 is 1.74 bits per heavy atom. The number of carboxylic acid groups (broad SMARTS) is 1. The predicted molar refractivity (Wildman–Crippen MR) is 127 cm³/mol. The summed E-state index contributed by atoms with van der Waals surface area (Å²) in [5.74, 6) is -2.75. The lowest BCUT2D eigenvalue weighted by Gasteiger charge is -2.31. The molecule has 2 aromatic carbocycles. The quantitative estimate of drug-likeness (QED) is 0.364. The van der Waals surface area contributed by atoms with Gasteiger partial charge in [0, 0.05) is 5.69 Å². The zero-order chi connectivity index (χ0) is 25.8. The number of rotatable bonds is 6. The summed E-state index contributed by atoms with van der Waals surface area (Å²) in [6.07, 6.45) is 0.995. The highest BCUT2D eigenvalue weighted by Gasteiger charge is 2.43. The molecule has 0 radical (unpaired) electrons. The van der Waals surface area contributed by atoms with Crippen molar-refractivity contribution in [1.29, 1.82) is 0 Å². The van der Waals surface area contributed by atoms with Crippen LogP contribution in [0.25, 0.3) is 0 Å². The van der Waals surface area contributed by atoms with Gasteiger partial charge < -0.3 is 30.5 Å². The van der Waals surface area contributed by atoms with E-state index < -0.39 is 47.8 Å². The lowest BCUT2D eigenvalue weighted by Crippen LogP contribution is -2.48. The van der Waals surface area contributed by atoms with Crippen LogP contribution >= 0.6 is 0 Å². The van der Waals surface area contributed by atoms with Crippen molar-refractivity contribution in [3.8, 4) is 5.75 Å². The molecular formula is C25H29N3O7. The lowest BCUT2D eigenvalue weighted by molar-refractivity contribution is -0.164. The first-order chi connectivity index (χ1) is 16.5. The summed E-state index contributed by atoms with van der Waals surface area (Å²) in [6.45, 7) is 4.88. The standard InChI is InChI=1S/C25H29N3O7/c1-25(2,3)35-23(33)19-11-10-18(15-7-5-4-6-8-15)28(19)21(30)14-26-24(34)27-16-9-12-20(29)17(13-16)22(31)32/h4-9,12-13,18-19,29H,10-11,14H2,1-3H3,(H,31,32)(H2,26,27,34). The predicted octanol–water partition coefficient (Wildman–Crippen LogP) is 3.29. The number of carboxylic acids is 1. The van der Waals surface area contributed by atoms with Gasteiger partial charge in [-0.15, -0.1) is 0 Å². The number of phenols is 1. The highest BCUT2D eigenvalue weighted by atomic mass is 16.6. The molecule has 10 heteroatoms. The fourth-order valence-corrected chi connectivity index (χ4v) is 3.97. The second-order valence-corrected chi connectivity index (χ2v) is 9.20. The summed E-state index contributed by atoms with van der Waals surface area (Å²) >= 11 is 0. The molecule has 0 aliphatic carbocycles. The zero-order valence-electron chi connectivity index (χ0n) is 19.8. The molecule has 10 nitrogen and oxygen atoms in total. The number of carbonyl (C=O) groups is 4. The number of esters is 1. The van der Waals surface area contributed by atoms with E-state index in [9.17, 15) is 24.3 Å². The van der Waals surface area contributed by atoms with Gasteiger partial charge in [0.25, 0.3) is 0 Å². The van der Waals surface area contributed by atoms with Crippen LogP contribution < -0.4 is 10.6 Å². The number of hydrogen-bond acceptors (Lipinski definition) is 6. The second-order valence-electron chi connectivity index (χ2n) is 9.20. The Labute approximate surface area is 202 Å². The van der Waals surface area contributed by atoms with Crippen LogP contribution in [0.15, 0.2) is 48.5 Å². The molecule has 0 saturated carbocycles. The Morgan fingerprint density at radius 1 is 1.06 bits per heavy atom. The van der Waals surface area contributed by atoms with Gasteiger partial charge in [-0.25, -0.2) is 14.4 Å². The molecule has 35 heavy (non-hydrogen) atoms. The van der Waals surface area contributed by atoms with E-state index in [0.29, 0.717) is 12.8 Å². The van der Waals surface area contributed by atoms with Crippen molar-refractivity contribution in [2.75, 3.05) is 11.9 Å². The summed E-state index contributed by atoms with van der Waals surface area (Å²) in [7, 11) is 0. The van der Waals surface area contributed by atoms with Crippen molar-refractivity contribution in [2.24, 2.45) is 0 Å². The third-order valence-electron chi connectivity index (χ3n) is 5.42. The number of nitrogens with one attached hydrogen (secondary N) is 2. The van der Waals surface area contributed by atoms with Crippen molar-refractivity contribution in [1.82, 2.24) is 10.2 Å². The summed E-state index contributed by atoms with van der Waals surface area (Å²) < 4.78 is 5.53. The smallest absolute Gasteiger partial charge is 0.339 e. The molecular weight excluding hydrogens is 454 g/mol. The number of nitrogens with zero attached hydrogens (tertiary/aromatic N) is 1. The van der Waals surface area contributed by atoms with Crippen LogP contribution in [0.1, 0.15) is 55.6 Å². The molecule has 1 heterocycles. The number of likely N-dealkylation sites (tertiary alicyclic amines) is 1. The van der Waals surface area contributed by atoms with E-state index in [-0.39, 0.29) is 17.3 Å². The number of aromatic carboxylic acids is 1. The SMILES string of the molecule is CC(C)(C)OC(=O)C1CCC(c2ccccc2)N1C(=O)CNC(=O)Nc1ccc(O)c(C(=O)O)c1. The highest BCUT2D eigenvalue weighted by Crippen LogP contribution is 2.37. The van der Waals surface area contributed by atoms with E-state index in [1.807, 2.05) is 30.3 Å². The Hall–Kier alpha value is -4.08. The third-order valence-corrected chi connectivity index (χ3v) is 5.42. The minimum absolute atomic E-state index is 0.125. The molecule has 1 saturated heterocycles. The van der Waals surface area contributed by atoms with E-state index in [4.69, 9.17) is 9.84 Å². The number of hydrogen-bond donors (Lipinski definition) is 4. The molecule has 1 aliphatic rings. The summed E-state index contributed by atoms with van der Waals surface area (Å²) in [5.41, 5.74) is -0.0862. The maximum absolute atomic E-state index is 13.2. The van der Waals surface area contributed by atoms with E-state index in [1.54, 1.807) is 20.8 Å². The van der Waals surface area contributed by atoms with E-state index in [1.165, 1.54) is 11.0 Å². The van der Waals surface area contributed by atoms with Gasteiger partial charge in [-0.05, 0) is 57.4 Å². The molecule has 0 aromatic heterocycles. The third kappa shape index (κ3) is 6.50. The summed E-state index contributed by atoms with van der Waals surface area (Å²) in [5, 5.41) is 23.6. The van der Waals surface area contributed by atoms with Crippen LogP contribution in [0, 0.1) is 0 Å². The molecule has 3 amide bonds. The first-order valence-electron chi connectivity index (χ1n) is 11.2. The van der Waals surface area contributed by atoms with Crippen LogP contribution in [-0.4, -0.2) is 57.2 Å². The normalized spacial score (nSPS) is 17.5. The fraction of sp³-hybridized carbons (Fsp3) is 0.360. The second kappa shape index (κ2) is 10.5. The molecule has 2 unspecified atom stereocenters. The van der Waals surface area contributed by atoms with E-state index in [2.05, 4.69) is 10.6 Å². The maximum atomic E-state index is 13.2. The van der Waals surface area contributed by atoms with Crippen molar-refractivity contribution >= 4 is 29.6 Å². The van der Waals surface area contributed by atoms with E-state index in [0.717, 1.165) is 17.7 Å². The first kappa shape index (κ1) is 25.5. The van der Waals surface area contributed by atoms with Crippen LogP contribution in [0.3, 0.4) is 0 Å². The fourth-order valence-electron chi connectivity index (χ4n) is 3.97. The molecule has 4 N–H and O–H groups in total.